The minimum absolute atomic E-state index is 0.000631. The second kappa shape index (κ2) is 8.14. The average Bonchev–Trinajstić information content (AvgIpc) is 2.63. The predicted octanol–water partition coefficient (Wildman–Crippen LogP) is 3.21. The second-order valence-corrected chi connectivity index (χ2v) is 7.22. The smallest absolute Gasteiger partial charge is 0.232 e. The molecule has 1 aromatic rings. The van der Waals surface area contributed by atoms with Crippen molar-refractivity contribution in [3.05, 3.63) is 10.4 Å². The Kier molecular flexibility index (Phi) is 5.90. The van der Waals surface area contributed by atoms with Crippen LogP contribution in [0.2, 0.25) is 0 Å². The summed E-state index contributed by atoms with van der Waals surface area (Å²) < 4.78 is 0. The summed E-state index contributed by atoms with van der Waals surface area (Å²) in [5.41, 5.74) is 0. The number of aromatic nitrogens is 3. The maximum atomic E-state index is 11.8. The highest BCUT2D eigenvalue weighted by Gasteiger charge is 2.31. The molecule has 0 amide bonds. The summed E-state index contributed by atoms with van der Waals surface area (Å²) >= 11 is 0. The molecule has 0 atom stereocenters. The average molecular weight is 348 g/mol. The van der Waals surface area contributed by atoms with Crippen LogP contribution in [-0.2, 0) is 0 Å². The van der Waals surface area contributed by atoms with Crippen LogP contribution in [0.5, 0.6) is 0 Å². The van der Waals surface area contributed by atoms with E-state index in [2.05, 4.69) is 19.9 Å². The quantitative estimate of drug-likeness (QED) is 0.749. The topological polar surface area (TPSA) is 94.5 Å². The van der Waals surface area contributed by atoms with Crippen LogP contribution in [0.4, 0.5) is 17.8 Å². The maximum absolute atomic E-state index is 11.8. The lowest BCUT2D eigenvalue weighted by atomic mass is 9.89. The van der Waals surface area contributed by atoms with Crippen molar-refractivity contribution < 1.29 is 0 Å². The Bertz CT molecular complexity index is 512. The van der Waals surface area contributed by atoms with Crippen LogP contribution in [0.1, 0.15) is 64.2 Å². The Morgan fingerprint density at radius 2 is 1.00 bits per heavy atom. The lowest BCUT2D eigenvalue weighted by Gasteiger charge is -2.42. The molecule has 0 spiro atoms. The van der Waals surface area contributed by atoms with Crippen LogP contribution in [-0.4, -0.2) is 41.1 Å². The molecule has 8 nitrogen and oxygen atoms in total. The van der Waals surface area contributed by atoms with Gasteiger partial charge in [-0.1, -0.05) is 38.5 Å². The van der Waals surface area contributed by atoms with Crippen molar-refractivity contribution in [3.63, 3.8) is 0 Å². The molecular formula is C17H28N6O2-2. The maximum Gasteiger partial charge on any atom is 0.232 e. The molecular weight excluding hydrogens is 320 g/mol. The third kappa shape index (κ3) is 4.30. The van der Waals surface area contributed by atoms with Crippen molar-refractivity contribution in [3.8, 4) is 0 Å². The first-order valence-electron chi connectivity index (χ1n) is 9.42. The highest BCUT2D eigenvalue weighted by atomic mass is 16.5. The molecule has 0 N–H and O–H groups in total. The fourth-order valence-corrected chi connectivity index (χ4v) is 4.08. The van der Waals surface area contributed by atoms with E-state index in [4.69, 9.17) is 0 Å². The Morgan fingerprint density at radius 3 is 1.36 bits per heavy atom. The molecule has 1 heterocycles. The van der Waals surface area contributed by atoms with E-state index in [-0.39, 0.29) is 11.9 Å². The Labute approximate surface area is 149 Å². The molecule has 0 unspecified atom stereocenters. The molecule has 2 aliphatic rings. The fourth-order valence-electron chi connectivity index (χ4n) is 4.08. The molecule has 0 aromatic carbocycles. The molecule has 2 fully saturated rings. The fraction of sp³-hybridized carbons (Fsp3) is 0.824. The lowest BCUT2D eigenvalue weighted by molar-refractivity contribution is 0.335. The first-order valence-corrected chi connectivity index (χ1v) is 9.42. The van der Waals surface area contributed by atoms with E-state index < -0.39 is 0 Å². The molecule has 0 aliphatic heterocycles. The van der Waals surface area contributed by atoms with Gasteiger partial charge in [-0.2, -0.15) is 15.0 Å². The van der Waals surface area contributed by atoms with Gasteiger partial charge in [0.2, 0.25) is 17.8 Å². The Balaban J connectivity index is 1.98. The zero-order valence-corrected chi connectivity index (χ0v) is 15.2. The number of nitrogens with zero attached hydrogens (tertiary/aromatic N) is 6. The molecule has 2 aliphatic carbocycles. The van der Waals surface area contributed by atoms with Gasteiger partial charge in [0.15, 0.2) is 0 Å². The van der Waals surface area contributed by atoms with Gasteiger partial charge in [0.05, 0.1) is 0 Å². The zero-order valence-electron chi connectivity index (χ0n) is 15.2. The van der Waals surface area contributed by atoms with Gasteiger partial charge >= 0.3 is 0 Å². The third-order valence-electron chi connectivity index (χ3n) is 5.33. The van der Waals surface area contributed by atoms with E-state index in [1.807, 2.05) is 0 Å². The van der Waals surface area contributed by atoms with Gasteiger partial charge in [-0.25, -0.2) is 0 Å². The minimum atomic E-state index is -0.000631. The molecule has 0 radical (unpaired) electrons. The summed E-state index contributed by atoms with van der Waals surface area (Å²) in [5, 5.41) is 24.7. The summed E-state index contributed by atoms with van der Waals surface area (Å²) in [6.45, 7) is 0. The lowest BCUT2D eigenvalue weighted by Crippen LogP contribution is -2.46. The third-order valence-corrected chi connectivity index (χ3v) is 5.33. The standard InChI is InChI=1S/C17H28N6O2/c1-21(24)15-18-16(22(2)25)20-17(19-15)23(13-9-5-3-6-10-13)14-11-7-4-8-12-14/h13-14H,3-12H2,1-2H3/q-2. The van der Waals surface area contributed by atoms with Crippen molar-refractivity contribution in [2.75, 3.05) is 29.1 Å². The van der Waals surface area contributed by atoms with Crippen LogP contribution in [0.25, 0.3) is 0 Å². The molecule has 2 saturated carbocycles. The molecule has 1 aromatic heterocycles. The molecule has 8 heteroatoms. The summed E-state index contributed by atoms with van der Waals surface area (Å²) in [6.07, 6.45) is 11.9. The monoisotopic (exact) mass is 348 g/mol. The number of hydrogen-bond donors (Lipinski definition) is 0. The minimum Gasteiger partial charge on any atom is -0.756 e. The SMILES string of the molecule is CN([O-])c1nc(N(C)[O-])nc(N(C2CCCCC2)C2CCCCC2)n1. The van der Waals surface area contributed by atoms with Gasteiger partial charge < -0.3 is 25.4 Å². The van der Waals surface area contributed by atoms with Crippen LogP contribution in [0, 0.1) is 10.4 Å². The van der Waals surface area contributed by atoms with Gasteiger partial charge in [-0.15, -0.1) is 0 Å². The van der Waals surface area contributed by atoms with E-state index in [0.29, 0.717) is 28.2 Å². The summed E-state index contributed by atoms with van der Waals surface area (Å²) in [6, 6.07) is 0.766. The zero-order chi connectivity index (χ0) is 17.8. The highest BCUT2D eigenvalue weighted by molar-refractivity contribution is 5.47. The van der Waals surface area contributed by atoms with Crippen LogP contribution in [0.3, 0.4) is 0 Å². The first kappa shape index (κ1) is 18.1. The molecule has 140 valence electrons. The number of anilines is 3. The van der Waals surface area contributed by atoms with Crippen molar-refractivity contribution in [1.82, 2.24) is 15.0 Å². The van der Waals surface area contributed by atoms with E-state index in [0.717, 1.165) is 25.7 Å². The second-order valence-electron chi connectivity index (χ2n) is 7.22. The number of hydroxylamine groups is 2. The molecule has 3 rings (SSSR count). The normalized spacial score (nSPS) is 19.7. The summed E-state index contributed by atoms with van der Waals surface area (Å²) in [5.74, 6) is 0.489. The van der Waals surface area contributed by atoms with Gasteiger partial charge in [-0.3, -0.25) is 0 Å². The Morgan fingerprint density at radius 1 is 0.640 bits per heavy atom. The van der Waals surface area contributed by atoms with Crippen molar-refractivity contribution >= 4 is 17.8 Å². The predicted molar refractivity (Wildman–Crippen MR) is 99.6 cm³/mol. The van der Waals surface area contributed by atoms with Crippen LogP contribution in [0.15, 0.2) is 0 Å². The van der Waals surface area contributed by atoms with Crippen molar-refractivity contribution in [2.45, 2.75) is 76.3 Å². The van der Waals surface area contributed by atoms with E-state index in [9.17, 15) is 10.4 Å². The van der Waals surface area contributed by atoms with E-state index >= 15 is 0 Å². The van der Waals surface area contributed by atoms with Crippen LogP contribution >= 0.6 is 0 Å². The molecule has 0 bridgehead atoms. The van der Waals surface area contributed by atoms with Crippen molar-refractivity contribution in [1.29, 1.82) is 0 Å². The van der Waals surface area contributed by atoms with Gasteiger partial charge in [-0.05, 0) is 39.8 Å². The largest absolute Gasteiger partial charge is 0.756 e. The first-order chi connectivity index (χ1) is 12.1. The van der Waals surface area contributed by atoms with Crippen LogP contribution < -0.4 is 15.0 Å². The highest BCUT2D eigenvalue weighted by Crippen LogP contribution is 2.33. The Hall–Kier alpha value is -1.67. The van der Waals surface area contributed by atoms with Crippen molar-refractivity contribution in [2.24, 2.45) is 0 Å². The van der Waals surface area contributed by atoms with Gasteiger partial charge in [0.1, 0.15) is 0 Å². The number of rotatable bonds is 5. The molecule has 25 heavy (non-hydrogen) atoms. The number of hydrogen-bond acceptors (Lipinski definition) is 8. The molecule has 0 saturated heterocycles. The van der Waals surface area contributed by atoms with Gasteiger partial charge in [0, 0.05) is 12.1 Å². The van der Waals surface area contributed by atoms with E-state index in [1.165, 1.54) is 52.6 Å². The van der Waals surface area contributed by atoms with Gasteiger partial charge in [0.25, 0.3) is 0 Å². The van der Waals surface area contributed by atoms with E-state index in [1.54, 1.807) is 0 Å². The summed E-state index contributed by atoms with van der Waals surface area (Å²) in [4.78, 5) is 15.1. The summed E-state index contributed by atoms with van der Waals surface area (Å²) in [7, 11) is 2.69.